The fraction of sp³-hybridized carbons (Fsp3) is 0.125. The minimum absolute atomic E-state index is 0. The van der Waals surface area contributed by atoms with E-state index in [1.165, 1.54) is 0 Å². The molecule has 0 saturated heterocycles. The number of benzene rings is 1. The summed E-state index contributed by atoms with van der Waals surface area (Å²) in [6.07, 6.45) is -0.946. The number of carbonyl (C=O) groups is 1. The molecule has 1 unspecified atom stereocenters. The molecule has 0 fully saturated rings. The molecule has 1 amide bonds. The van der Waals surface area contributed by atoms with Crippen molar-refractivity contribution in [3.63, 3.8) is 0 Å². The molecule has 0 aromatic heterocycles. The van der Waals surface area contributed by atoms with Gasteiger partial charge in [-0.3, -0.25) is 0 Å². The van der Waals surface area contributed by atoms with Gasteiger partial charge in [-0.1, -0.05) is 24.3 Å². The van der Waals surface area contributed by atoms with Crippen molar-refractivity contribution < 1.29 is 61.3 Å². The van der Waals surface area contributed by atoms with E-state index in [0.29, 0.717) is 11.1 Å². The Morgan fingerprint density at radius 2 is 2.00 bits per heavy atom. The molecule has 0 saturated carbocycles. The van der Waals surface area contributed by atoms with Gasteiger partial charge in [0.25, 0.3) is 0 Å². The van der Waals surface area contributed by atoms with Crippen LogP contribution in [-0.2, 0) is 0 Å². The fourth-order valence-electron chi connectivity index (χ4n) is 1.17. The quantitative estimate of drug-likeness (QED) is 0.488. The second-order valence-corrected chi connectivity index (χ2v) is 2.40. The molecule has 1 N–H and O–H groups in total. The zero-order valence-corrected chi connectivity index (χ0v) is 9.81. The molecule has 1 heterocycles. The molecule has 1 aliphatic rings. The van der Waals surface area contributed by atoms with E-state index < -0.39 is 6.23 Å². The van der Waals surface area contributed by atoms with E-state index in [2.05, 4.69) is 5.32 Å². The molecule has 0 bridgehead atoms. The minimum atomic E-state index is -0.946. The monoisotopic (exact) mass is 187 g/mol. The zero-order chi connectivity index (χ0) is 7.84. The van der Waals surface area contributed by atoms with Crippen molar-refractivity contribution in [2.24, 2.45) is 0 Å². The number of rotatable bonds is 0. The molecule has 1 atom stereocenters. The van der Waals surface area contributed by atoms with Gasteiger partial charge in [-0.15, -0.1) is 0 Å². The first-order chi connectivity index (χ1) is 5.29. The summed E-state index contributed by atoms with van der Waals surface area (Å²) in [6, 6.07) is 6.90. The van der Waals surface area contributed by atoms with Crippen LogP contribution in [-0.4, -0.2) is 11.0 Å². The van der Waals surface area contributed by atoms with Crippen molar-refractivity contribution in [2.75, 3.05) is 0 Å². The van der Waals surface area contributed by atoms with Crippen LogP contribution in [0.5, 0.6) is 0 Å². The third kappa shape index (κ3) is 1.64. The molecular formula is C8H6KNO2. The number of hydrogen-bond acceptors (Lipinski definition) is 2. The van der Waals surface area contributed by atoms with Crippen molar-refractivity contribution in [3.05, 3.63) is 40.7 Å². The van der Waals surface area contributed by atoms with E-state index >= 15 is 0 Å². The van der Waals surface area contributed by atoms with Gasteiger partial charge in [-0.25, -0.2) is 0 Å². The van der Waals surface area contributed by atoms with Crippen molar-refractivity contribution in [3.8, 4) is 0 Å². The predicted octanol–water partition coefficient (Wildman–Crippen LogP) is -1.79. The fourth-order valence-corrected chi connectivity index (χ4v) is 1.17. The number of nitrogens with zero attached hydrogens (tertiary/aromatic N) is 1. The Bertz CT molecular complexity index is 314. The number of fused-ring (bicyclic) bond motifs is 1. The van der Waals surface area contributed by atoms with Crippen LogP contribution in [0.15, 0.2) is 24.3 Å². The Labute approximate surface area is 113 Å². The van der Waals surface area contributed by atoms with Gasteiger partial charge < -0.3 is 15.2 Å². The topological polar surface area (TPSA) is 51.4 Å². The average molecular weight is 187 g/mol. The molecule has 0 spiro atoms. The average Bonchev–Trinajstić information content (AvgIpc) is 2.30. The summed E-state index contributed by atoms with van der Waals surface area (Å²) in [6.45, 7) is 0. The summed E-state index contributed by atoms with van der Waals surface area (Å²) in [5, 5.41) is 12.6. The molecule has 0 aliphatic carbocycles. The third-order valence-electron chi connectivity index (χ3n) is 1.71. The number of aliphatic hydroxyl groups excluding tert-OH is 1. The second-order valence-electron chi connectivity index (χ2n) is 2.40. The van der Waals surface area contributed by atoms with Crippen LogP contribution in [0.25, 0.3) is 5.32 Å². The first-order valence-corrected chi connectivity index (χ1v) is 3.31. The Morgan fingerprint density at radius 3 is 2.67 bits per heavy atom. The van der Waals surface area contributed by atoms with E-state index in [9.17, 15) is 4.79 Å². The number of hydrogen-bond donors (Lipinski definition) is 1. The van der Waals surface area contributed by atoms with Crippen LogP contribution >= 0.6 is 0 Å². The van der Waals surface area contributed by atoms with Crippen LogP contribution in [0.2, 0.25) is 0 Å². The molecule has 1 aromatic carbocycles. The van der Waals surface area contributed by atoms with Crippen LogP contribution in [0, 0.1) is 0 Å². The maximum Gasteiger partial charge on any atom is 1.00 e. The molecule has 56 valence electrons. The van der Waals surface area contributed by atoms with Gasteiger partial charge in [0, 0.05) is 11.8 Å². The van der Waals surface area contributed by atoms with Gasteiger partial charge in [-0.05, 0) is 5.56 Å². The van der Waals surface area contributed by atoms with Crippen LogP contribution in [0.1, 0.15) is 22.1 Å². The van der Waals surface area contributed by atoms with Crippen molar-refractivity contribution in [2.45, 2.75) is 6.23 Å². The molecule has 1 aromatic rings. The van der Waals surface area contributed by atoms with Gasteiger partial charge in [0.05, 0.1) is 5.91 Å². The number of carbonyl (C=O) groups excluding carboxylic acids is 1. The normalized spacial score (nSPS) is 19.4. The largest absolute Gasteiger partial charge is 1.00 e. The Morgan fingerprint density at radius 1 is 1.33 bits per heavy atom. The summed E-state index contributed by atoms with van der Waals surface area (Å²) >= 11 is 0. The number of amides is 1. The predicted molar refractivity (Wildman–Crippen MR) is 39.1 cm³/mol. The first kappa shape index (κ1) is 10.4. The van der Waals surface area contributed by atoms with Gasteiger partial charge in [-0.2, -0.15) is 0 Å². The van der Waals surface area contributed by atoms with E-state index in [4.69, 9.17) is 5.11 Å². The van der Waals surface area contributed by atoms with Crippen molar-refractivity contribution >= 4 is 5.91 Å². The molecule has 1 aliphatic heterocycles. The van der Waals surface area contributed by atoms with E-state index in [1.54, 1.807) is 24.3 Å². The third-order valence-corrected chi connectivity index (χ3v) is 1.71. The summed E-state index contributed by atoms with van der Waals surface area (Å²) in [7, 11) is 0. The standard InChI is InChI=1S/C8H7NO2.K/c10-7-5-3-1-2-4-6(5)8(11)9-7;/h1-4,7,10H,(H,9,11);/q;+1/p-1. The maximum atomic E-state index is 10.9. The van der Waals surface area contributed by atoms with E-state index in [0.717, 1.165) is 0 Å². The van der Waals surface area contributed by atoms with Crippen molar-refractivity contribution in [1.82, 2.24) is 0 Å². The van der Waals surface area contributed by atoms with E-state index in [1.807, 2.05) is 0 Å². The van der Waals surface area contributed by atoms with Crippen LogP contribution < -0.4 is 51.4 Å². The SMILES string of the molecule is O=C1[N-]C(O)c2ccccc21.[K+]. The molecular weight excluding hydrogens is 181 g/mol. The van der Waals surface area contributed by atoms with Gasteiger partial charge in [0.15, 0.2) is 0 Å². The van der Waals surface area contributed by atoms with Gasteiger partial charge in [0.2, 0.25) is 0 Å². The first-order valence-electron chi connectivity index (χ1n) is 3.31. The van der Waals surface area contributed by atoms with Gasteiger partial charge >= 0.3 is 51.4 Å². The summed E-state index contributed by atoms with van der Waals surface area (Å²) in [5.41, 5.74) is 1.12. The minimum Gasteiger partial charge on any atom is -0.621 e. The molecule has 3 nitrogen and oxygen atoms in total. The Kier molecular flexibility index (Phi) is 3.45. The number of aliphatic hydroxyl groups is 1. The Hall–Kier alpha value is 0.286. The molecule has 0 radical (unpaired) electrons. The molecule has 2 rings (SSSR count). The second kappa shape index (κ2) is 4.00. The van der Waals surface area contributed by atoms with Crippen LogP contribution in [0.4, 0.5) is 0 Å². The van der Waals surface area contributed by atoms with Crippen molar-refractivity contribution in [1.29, 1.82) is 0 Å². The van der Waals surface area contributed by atoms with Crippen LogP contribution in [0.3, 0.4) is 0 Å². The molecule has 12 heavy (non-hydrogen) atoms. The Balaban J connectivity index is 0.000000720. The summed E-state index contributed by atoms with van der Waals surface area (Å²) < 4.78 is 0. The molecule has 4 heteroatoms. The van der Waals surface area contributed by atoms with E-state index in [-0.39, 0.29) is 57.3 Å². The zero-order valence-electron chi connectivity index (χ0n) is 6.69. The maximum absolute atomic E-state index is 10.9. The van der Waals surface area contributed by atoms with Gasteiger partial charge in [0.1, 0.15) is 0 Å². The smallest absolute Gasteiger partial charge is 0.621 e. The summed E-state index contributed by atoms with van der Waals surface area (Å²) in [4.78, 5) is 10.9. The summed E-state index contributed by atoms with van der Waals surface area (Å²) in [5.74, 6) is -0.326.